The molecule has 10 aromatic rings. The summed E-state index contributed by atoms with van der Waals surface area (Å²) in [5, 5.41) is 40.7. The van der Waals surface area contributed by atoms with E-state index in [-0.39, 0.29) is 44.5 Å². The summed E-state index contributed by atoms with van der Waals surface area (Å²) >= 11 is 0. The standard InChI is InChI=1S/2C32H20N6O2/c2*1-17(25(15-33)35-3)19-7-9-27-21(11-19)31(39)23-13-30-24(14-29(23)37(27)5)32(40)22-12-20(8-10-28(22)38(30)6)18(2)26(16-34)36-4/h2*7-14H,1-2,5-6H3/b2*25-17-,26-18+. The lowest BCUT2D eigenvalue weighted by molar-refractivity contribution is 0.993. The number of pyridine rings is 4. The number of hydrogen-bond acceptors (Lipinski definition) is 8. The van der Waals surface area contributed by atoms with Gasteiger partial charge < -0.3 is 18.3 Å². The summed E-state index contributed by atoms with van der Waals surface area (Å²) in [6, 6.07) is 35.5. The van der Waals surface area contributed by atoms with Crippen molar-refractivity contribution in [3.63, 3.8) is 0 Å². The van der Waals surface area contributed by atoms with Crippen molar-refractivity contribution in [2.24, 2.45) is 28.2 Å². The van der Waals surface area contributed by atoms with Crippen molar-refractivity contribution in [2.75, 3.05) is 0 Å². The molecule has 0 N–H and O–H groups in total. The second-order valence-corrected chi connectivity index (χ2v) is 19.0. The van der Waals surface area contributed by atoms with Crippen LogP contribution in [0.5, 0.6) is 0 Å². The first-order chi connectivity index (χ1) is 38.3. The van der Waals surface area contributed by atoms with Crippen LogP contribution in [0.2, 0.25) is 0 Å². The molecule has 0 unspecified atom stereocenters. The number of aromatic nitrogens is 4. The van der Waals surface area contributed by atoms with Gasteiger partial charge in [0, 0.05) is 71.3 Å². The van der Waals surface area contributed by atoms with E-state index in [4.69, 9.17) is 26.3 Å². The molecule has 0 atom stereocenters. The summed E-state index contributed by atoms with van der Waals surface area (Å²) in [7, 11) is 7.29. The zero-order chi connectivity index (χ0) is 57.8. The van der Waals surface area contributed by atoms with Crippen molar-refractivity contribution in [3.8, 4) is 24.3 Å². The van der Waals surface area contributed by atoms with E-state index in [9.17, 15) is 40.2 Å². The molecule has 0 fully saturated rings. The van der Waals surface area contributed by atoms with E-state index < -0.39 is 0 Å². The third-order valence-electron chi connectivity index (χ3n) is 15.1. The highest BCUT2D eigenvalue weighted by Gasteiger charge is 2.20. The van der Waals surface area contributed by atoms with Gasteiger partial charge in [0.2, 0.25) is 0 Å². The molecular formula is C64H40N12O4. The molecule has 80 heavy (non-hydrogen) atoms. The van der Waals surface area contributed by atoms with Crippen molar-refractivity contribution < 1.29 is 0 Å². The maximum absolute atomic E-state index is 13.8. The molecule has 6 aromatic carbocycles. The molecule has 10 rings (SSSR count). The largest absolute Gasteiger partial charge is 0.343 e. The quantitative estimate of drug-likeness (QED) is 0.0941. The van der Waals surface area contributed by atoms with Crippen LogP contribution < -0.4 is 21.7 Å². The molecule has 4 heterocycles. The zero-order valence-corrected chi connectivity index (χ0v) is 44.2. The minimum atomic E-state index is -0.215. The van der Waals surface area contributed by atoms with Crippen LogP contribution >= 0.6 is 0 Å². The number of aryl methyl sites for hydroxylation is 4. The minimum absolute atomic E-state index is 0.0309. The summed E-state index contributed by atoms with van der Waals surface area (Å²) < 4.78 is 7.43. The summed E-state index contributed by atoms with van der Waals surface area (Å²) in [5.74, 6) is 0. The fourth-order valence-corrected chi connectivity index (χ4v) is 10.4. The highest BCUT2D eigenvalue weighted by atomic mass is 16.1. The van der Waals surface area contributed by atoms with Gasteiger partial charge in [-0.25, -0.2) is 40.4 Å². The molecule has 16 heteroatoms. The number of allylic oxidation sites excluding steroid dienone is 8. The highest BCUT2D eigenvalue weighted by Crippen LogP contribution is 2.32. The first-order valence-electron chi connectivity index (χ1n) is 24.3. The van der Waals surface area contributed by atoms with Crippen LogP contribution in [0.4, 0.5) is 0 Å². The van der Waals surface area contributed by atoms with Gasteiger partial charge in [-0.05, 0) is 145 Å². The summed E-state index contributed by atoms with van der Waals surface area (Å²) in [6.45, 7) is 35.7. The van der Waals surface area contributed by atoms with Gasteiger partial charge in [-0.1, -0.05) is 24.3 Å². The molecule has 0 spiro atoms. The van der Waals surface area contributed by atoms with Crippen molar-refractivity contribution in [3.05, 3.63) is 229 Å². The Morgan fingerprint density at radius 1 is 0.325 bits per heavy atom. The smallest absolute Gasteiger partial charge is 0.265 e. The third kappa shape index (κ3) is 8.26. The van der Waals surface area contributed by atoms with Crippen molar-refractivity contribution >= 4 is 110 Å². The van der Waals surface area contributed by atoms with Crippen molar-refractivity contribution in [2.45, 2.75) is 27.7 Å². The van der Waals surface area contributed by atoms with Crippen molar-refractivity contribution in [1.82, 2.24) is 18.3 Å². The Morgan fingerprint density at radius 3 is 0.662 bits per heavy atom. The molecule has 0 aliphatic carbocycles. The molecule has 0 aliphatic rings. The Morgan fingerprint density at radius 2 is 0.500 bits per heavy atom. The van der Waals surface area contributed by atoms with Crippen molar-refractivity contribution in [1.29, 1.82) is 21.0 Å². The van der Waals surface area contributed by atoms with Gasteiger partial charge >= 0.3 is 0 Å². The Bertz CT molecular complexity index is 4620. The summed E-state index contributed by atoms with van der Waals surface area (Å²) in [6.07, 6.45) is 0. The second kappa shape index (κ2) is 20.3. The molecule has 0 amide bonds. The van der Waals surface area contributed by atoms with Gasteiger partial charge in [0.15, 0.2) is 21.7 Å². The number of hydrogen-bond donors (Lipinski definition) is 0. The number of rotatable bonds is 4. The average molecular weight is 1040 g/mol. The van der Waals surface area contributed by atoms with E-state index in [0.29, 0.717) is 132 Å². The van der Waals surface area contributed by atoms with Gasteiger partial charge in [-0.3, -0.25) is 19.2 Å². The maximum Gasteiger partial charge on any atom is 0.265 e. The fraction of sp³-hybridized carbons (Fsp3) is 0.125. The van der Waals surface area contributed by atoms with Crippen LogP contribution in [0.3, 0.4) is 0 Å². The first-order valence-corrected chi connectivity index (χ1v) is 24.3. The predicted molar refractivity (Wildman–Crippen MR) is 313 cm³/mol. The van der Waals surface area contributed by atoms with Crippen LogP contribution in [-0.2, 0) is 28.2 Å². The van der Waals surface area contributed by atoms with E-state index in [1.54, 1.807) is 125 Å². The predicted octanol–water partition coefficient (Wildman–Crippen LogP) is 12.1. The molecule has 0 radical (unpaired) electrons. The maximum atomic E-state index is 13.8. The van der Waals surface area contributed by atoms with Crippen LogP contribution in [0.25, 0.3) is 129 Å². The second-order valence-electron chi connectivity index (χ2n) is 19.0. The van der Waals surface area contributed by atoms with Crippen LogP contribution in [-0.4, -0.2) is 18.3 Å². The van der Waals surface area contributed by atoms with Gasteiger partial charge in [-0.15, -0.1) is 0 Å². The molecular weight excluding hydrogens is 1000 g/mol. The number of nitriles is 4. The van der Waals surface area contributed by atoms with E-state index in [1.165, 1.54) is 0 Å². The third-order valence-corrected chi connectivity index (χ3v) is 15.1. The van der Waals surface area contributed by atoms with Gasteiger partial charge in [0.25, 0.3) is 22.8 Å². The monoisotopic (exact) mass is 1040 g/mol. The zero-order valence-electron chi connectivity index (χ0n) is 44.2. The first kappa shape index (κ1) is 52.9. The summed E-state index contributed by atoms with van der Waals surface area (Å²) in [4.78, 5) is 68.2. The molecule has 4 aromatic heterocycles. The molecule has 16 nitrogen and oxygen atoms in total. The van der Waals surface area contributed by atoms with E-state index in [2.05, 4.69) is 19.4 Å². The average Bonchev–Trinajstić information content (AvgIpc) is 3.48. The Kier molecular flexibility index (Phi) is 13.4. The lowest BCUT2D eigenvalue weighted by Gasteiger charge is -2.16. The SMILES string of the molecule is [C-]#[N+]/C(C#N)=C(/C)c1ccc2c(c1)c(=O)c1cc3c(cc1n2C)c(=O)c1cc(/C(C)=C(\C#N)[N+]#[C-])ccc1n3C.[C-]#[N+]/C(C#N)=C(/C)c1ccc2c(c1)c(=O)c1cc3c(cc1n2C)c(=O)c1cc(/C(C)=C(\C#N)[N+]#[C-])ccc1n3C. The Hall–Kier alpha value is -11.9. The van der Waals surface area contributed by atoms with Crippen LogP contribution in [0.15, 0.2) is 139 Å². The lowest BCUT2D eigenvalue weighted by atomic mass is 9.99. The van der Waals surface area contributed by atoms with Crippen LogP contribution in [0.1, 0.15) is 49.9 Å². The van der Waals surface area contributed by atoms with Gasteiger partial charge in [-0.2, -0.15) is 0 Å². The molecule has 380 valence electrons. The number of fused-ring (bicyclic) bond motifs is 8. The fourth-order valence-electron chi connectivity index (χ4n) is 10.4. The molecule has 0 bridgehead atoms. The molecule has 0 saturated carbocycles. The van der Waals surface area contributed by atoms with E-state index in [0.717, 1.165) is 0 Å². The van der Waals surface area contributed by atoms with Crippen LogP contribution in [0, 0.1) is 71.6 Å². The Labute approximate surface area is 455 Å². The topological polar surface area (TPSA) is 201 Å². The number of nitrogens with zero attached hydrogens (tertiary/aromatic N) is 12. The minimum Gasteiger partial charge on any atom is -0.343 e. The molecule has 0 aliphatic heterocycles. The van der Waals surface area contributed by atoms with Gasteiger partial charge in [0.05, 0.1) is 94.7 Å². The molecule has 0 saturated heterocycles. The number of benzene rings is 6. The lowest BCUT2D eigenvalue weighted by Crippen LogP contribution is -2.13. The van der Waals surface area contributed by atoms with Gasteiger partial charge in [0.1, 0.15) is 0 Å². The summed E-state index contributed by atoms with van der Waals surface area (Å²) in [5.41, 5.74) is 8.45. The highest BCUT2D eigenvalue weighted by molar-refractivity contribution is 6.06. The normalized spacial score (nSPS) is 12.4. The Balaban J connectivity index is 0.000000194. The van der Waals surface area contributed by atoms with E-state index >= 15 is 0 Å². The van der Waals surface area contributed by atoms with E-state index in [1.807, 2.05) is 70.7 Å².